The van der Waals surface area contributed by atoms with Crippen molar-refractivity contribution in [1.82, 2.24) is 0 Å². The Labute approximate surface area is 35.7 Å². The predicted octanol–water partition coefficient (Wildman–Crippen LogP) is -2.28. The minimum absolute atomic E-state index is 0.0694. The van der Waals surface area contributed by atoms with Crippen LogP contribution in [0.5, 0.6) is 0 Å². The average Bonchev–Trinajstić information content (AvgIpc) is 1.35. The third kappa shape index (κ3) is 3.84. The largest absolute Gasteiger partial charge is 0.600 e. The Morgan fingerprint density at radius 2 is 2.33 bits per heavy atom. The summed E-state index contributed by atoms with van der Waals surface area (Å²) in [6.07, 6.45) is 0. The van der Waals surface area contributed by atoms with Crippen molar-refractivity contribution in [3.63, 3.8) is 0 Å². The van der Waals surface area contributed by atoms with Crippen LogP contribution in [0.4, 0.5) is 0 Å². The molecule has 0 rings (SSSR count). The summed E-state index contributed by atoms with van der Waals surface area (Å²) in [5.41, 5.74) is 4.85. The fraction of sp³-hybridized carbons (Fsp3) is 1.00. The molecule has 4 heteroatoms. The van der Waals surface area contributed by atoms with Gasteiger partial charge < -0.3 is 10.9 Å². The highest BCUT2D eigenvalue weighted by atomic mass is 16.8. The molecule has 0 radical (unpaired) electrons. The van der Waals surface area contributed by atoms with Crippen LogP contribution in [-0.4, -0.2) is 18.3 Å². The number of rotatable bonds is 2. The summed E-state index contributed by atoms with van der Waals surface area (Å²) in [5, 5.41) is 16.5. The molecule has 0 saturated carbocycles. The molecule has 1 unspecified atom stereocenters. The average molecular weight is 92.1 g/mol. The molecule has 0 aliphatic heterocycles. The topological polar surface area (TPSA) is 73.8 Å². The molecule has 1 atom stereocenters. The van der Waals surface area contributed by atoms with Crippen LogP contribution in [0.2, 0.25) is 0 Å². The molecule has 0 heterocycles. The summed E-state index contributed by atoms with van der Waals surface area (Å²) in [7, 11) is 0. The molecular weight excluding hydrogens is 84.0 g/mol. The number of hydroxylamine groups is 2. The highest BCUT2D eigenvalue weighted by Gasteiger charge is 1.80. The zero-order chi connectivity index (χ0) is 4.99. The van der Waals surface area contributed by atoms with Crippen LogP contribution in [0, 0.1) is 5.21 Å². The van der Waals surface area contributed by atoms with E-state index in [1.165, 1.54) is 0 Å². The summed E-state index contributed by atoms with van der Waals surface area (Å²) < 4.78 is 0. The van der Waals surface area contributed by atoms with E-state index in [1.54, 1.807) is 0 Å². The van der Waals surface area contributed by atoms with Crippen molar-refractivity contribution in [1.29, 1.82) is 0 Å². The standard InChI is InChI=1S/C2H8N2O2/c3-1-2-4(5)6/h4-5H,1-3H2. The second-order valence-corrected chi connectivity index (χ2v) is 0.932. The van der Waals surface area contributed by atoms with Crippen LogP contribution in [0.1, 0.15) is 0 Å². The Hall–Kier alpha value is -0.160. The third-order valence-corrected chi connectivity index (χ3v) is 0.358. The second kappa shape index (κ2) is 3.05. The zero-order valence-electron chi connectivity index (χ0n) is 3.35. The minimum Gasteiger partial charge on any atom is -0.600 e. The van der Waals surface area contributed by atoms with Crippen molar-refractivity contribution < 1.29 is 10.4 Å². The molecule has 0 amide bonds. The summed E-state index contributed by atoms with van der Waals surface area (Å²) >= 11 is 0. The summed E-state index contributed by atoms with van der Waals surface area (Å²) in [6.45, 7) is 0.301. The van der Waals surface area contributed by atoms with Gasteiger partial charge in [-0.2, -0.15) is 0 Å². The molecule has 0 spiro atoms. The Kier molecular flexibility index (Phi) is 2.97. The molecule has 0 aliphatic carbocycles. The smallest absolute Gasteiger partial charge is 0.119 e. The minimum atomic E-state index is -0.836. The lowest BCUT2D eigenvalue weighted by molar-refractivity contribution is -1.05. The SMILES string of the molecule is NCC[NH+]([O-])O. The van der Waals surface area contributed by atoms with E-state index >= 15 is 0 Å². The van der Waals surface area contributed by atoms with Gasteiger partial charge in [-0.15, -0.1) is 0 Å². The normalized spacial score (nSPS) is 14.5. The van der Waals surface area contributed by atoms with Crippen LogP contribution < -0.4 is 11.0 Å². The van der Waals surface area contributed by atoms with Gasteiger partial charge >= 0.3 is 0 Å². The van der Waals surface area contributed by atoms with Crippen molar-refractivity contribution >= 4 is 0 Å². The Morgan fingerprint density at radius 1 is 1.83 bits per heavy atom. The highest BCUT2D eigenvalue weighted by Crippen LogP contribution is 1.29. The van der Waals surface area contributed by atoms with Crippen LogP contribution >= 0.6 is 0 Å². The van der Waals surface area contributed by atoms with E-state index in [0.717, 1.165) is 0 Å². The third-order valence-electron chi connectivity index (χ3n) is 0.358. The molecule has 0 saturated heterocycles. The Balaban J connectivity index is 2.63. The number of hydrogen-bond acceptors (Lipinski definition) is 3. The zero-order valence-corrected chi connectivity index (χ0v) is 3.35. The van der Waals surface area contributed by atoms with E-state index in [4.69, 9.17) is 10.9 Å². The van der Waals surface area contributed by atoms with Crippen molar-refractivity contribution in [2.45, 2.75) is 0 Å². The van der Waals surface area contributed by atoms with E-state index in [-0.39, 0.29) is 13.1 Å². The van der Waals surface area contributed by atoms with Gasteiger partial charge in [-0.1, -0.05) is 0 Å². The molecule has 0 aromatic carbocycles. The van der Waals surface area contributed by atoms with Crippen LogP contribution in [0.3, 0.4) is 0 Å². The van der Waals surface area contributed by atoms with Gasteiger partial charge in [0.05, 0.1) is 0 Å². The molecule has 0 fully saturated rings. The summed E-state index contributed by atoms with van der Waals surface area (Å²) in [4.78, 5) is 0. The van der Waals surface area contributed by atoms with Crippen LogP contribution in [-0.2, 0) is 0 Å². The Bertz CT molecular complexity index is 30.7. The van der Waals surface area contributed by atoms with Crippen LogP contribution in [0.25, 0.3) is 0 Å². The van der Waals surface area contributed by atoms with E-state index in [1.807, 2.05) is 0 Å². The van der Waals surface area contributed by atoms with Gasteiger partial charge in [0.15, 0.2) is 0 Å². The fourth-order valence-electron chi connectivity index (χ4n) is 0.123. The van der Waals surface area contributed by atoms with Crippen molar-refractivity contribution in [3.8, 4) is 0 Å². The number of hydrogen-bond donors (Lipinski definition) is 3. The lowest BCUT2D eigenvalue weighted by atomic mass is 10.7. The van der Waals surface area contributed by atoms with Gasteiger partial charge in [-0.25, -0.2) is 10.4 Å². The maximum Gasteiger partial charge on any atom is 0.119 e. The molecule has 4 N–H and O–H groups in total. The van der Waals surface area contributed by atoms with Gasteiger partial charge in [-0.05, 0) is 0 Å². The van der Waals surface area contributed by atoms with E-state index in [2.05, 4.69) is 0 Å². The van der Waals surface area contributed by atoms with E-state index in [9.17, 15) is 5.21 Å². The number of nitrogens with one attached hydrogen (secondary N) is 1. The summed E-state index contributed by atoms with van der Waals surface area (Å²) in [6, 6.07) is 0. The molecule has 4 nitrogen and oxygen atoms in total. The van der Waals surface area contributed by atoms with Gasteiger partial charge in [-0.3, -0.25) is 0 Å². The molecule has 0 bridgehead atoms. The molecular formula is C2H8N2O2. The van der Waals surface area contributed by atoms with Gasteiger partial charge in [0, 0.05) is 6.54 Å². The van der Waals surface area contributed by atoms with Gasteiger partial charge in [0.25, 0.3) is 0 Å². The number of quaternary nitrogens is 1. The lowest BCUT2D eigenvalue weighted by Crippen LogP contribution is -3.05. The van der Waals surface area contributed by atoms with Crippen molar-refractivity contribution in [2.24, 2.45) is 5.73 Å². The quantitative estimate of drug-likeness (QED) is 0.336. The van der Waals surface area contributed by atoms with E-state index < -0.39 is 5.23 Å². The second-order valence-electron chi connectivity index (χ2n) is 0.932. The Morgan fingerprint density at radius 3 is 2.33 bits per heavy atom. The maximum atomic E-state index is 9.52. The summed E-state index contributed by atoms with van der Waals surface area (Å²) in [5.74, 6) is 0. The molecule has 6 heavy (non-hydrogen) atoms. The molecule has 0 aromatic rings. The molecule has 38 valence electrons. The highest BCUT2D eigenvalue weighted by molar-refractivity contribution is 4.20. The van der Waals surface area contributed by atoms with Crippen LogP contribution in [0.15, 0.2) is 0 Å². The molecule has 0 aromatic heterocycles. The first kappa shape index (κ1) is 5.84. The van der Waals surface area contributed by atoms with Gasteiger partial charge in [0.1, 0.15) is 6.54 Å². The first-order chi connectivity index (χ1) is 2.77. The molecule has 0 aliphatic rings. The predicted molar refractivity (Wildman–Crippen MR) is 20.0 cm³/mol. The lowest BCUT2D eigenvalue weighted by Gasteiger charge is -2.08. The fourth-order valence-corrected chi connectivity index (χ4v) is 0.123. The first-order valence-corrected chi connectivity index (χ1v) is 1.69. The first-order valence-electron chi connectivity index (χ1n) is 1.69. The number of nitrogens with two attached hydrogens (primary N) is 1. The van der Waals surface area contributed by atoms with E-state index in [0.29, 0.717) is 0 Å². The monoisotopic (exact) mass is 92.1 g/mol. The maximum absolute atomic E-state index is 9.52. The van der Waals surface area contributed by atoms with Gasteiger partial charge in [0.2, 0.25) is 0 Å². The van der Waals surface area contributed by atoms with Crippen molar-refractivity contribution in [3.05, 3.63) is 5.21 Å². The van der Waals surface area contributed by atoms with Crippen molar-refractivity contribution in [2.75, 3.05) is 13.1 Å².